The van der Waals surface area contributed by atoms with Gasteiger partial charge in [-0.2, -0.15) is 0 Å². The van der Waals surface area contributed by atoms with Crippen molar-refractivity contribution in [1.82, 2.24) is 9.97 Å². The molecule has 32 heavy (non-hydrogen) atoms. The number of sulfone groups is 1. The van der Waals surface area contributed by atoms with E-state index >= 15 is 0 Å². The fourth-order valence-corrected chi connectivity index (χ4v) is 4.86. The van der Waals surface area contributed by atoms with Gasteiger partial charge in [0.05, 0.1) is 18.1 Å². The quantitative estimate of drug-likeness (QED) is 0.688. The van der Waals surface area contributed by atoms with Crippen LogP contribution in [0.2, 0.25) is 0 Å². The first-order chi connectivity index (χ1) is 14.9. The molecule has 0 amide bonds. The smallest absolute Gasteiger partial charge is 0.233 e. The highest BCUT2D eigenvalue weighted by Crippen LogP contribution is 2.38. The summed E-state index contributed by atoms with van der Waals surface area (Å²) in [5.41, 5.74) is 4.67. The van der Waals surface area contributed by atoms with Crippen molar-refractivity contribution in [3.63, 3.8) is 0 Å². The van der Waals surface area contributed by atoms with E-state index in [9.17, 15) is 17.2 Å². The molecule has 0 bridgehead atoms. The second kappa shape index (κ2) is 8.31. The summed E-state index contributed by atoms with van der Waals surface area (Å²) < 4.78 is 58.7. The molecule has 0 radical (unpaired) electrons. The van der Waals surface area contributed by atoms with E-state index in [2.05, 4.69) is 20.9 Å². The Morgan fingerprint density at radius 1 is 1.31 bits per heavy atom. The van der Waals surface area contributed by atoms with Gasteiger partial charge in [0.1, 0.15) is 27.6 Å². The van der Waals surface area contributed by atoms with E-state index in [-0.39, 0.29) is 35.1 Å². The highest BCUT2D eigenvalue weighted by Gasteiger charge is 2.49. The van der Waals surface area contributed by atoms with E-state index < -0.39 is 37.5 Å². The summed E-state index contributed by atoms with van der Waals surface area (Å²) in [5.74, 6) is 0.467. The monoisotopic (exact) mass is 460 g/mol. The molecule has 0 saturated heterocycles. The summed E-state index contributed by atoms with van der Waals surface area (Å²) in [6.45, 7) is 4.39. The van der Waals surface area contributed by atoms with Crippen LogP contribution in [0.25, 0.3) is 11.9 Å². The Bertz CT molecular complexity index is 1250. The Hall–Kier alpha value is -3.32. The molecule has 0 saturated carbocycles. The molecule has 1 aliphatic rings. The third-order valence-corrected chi connectivity index (χ3v) is 7.98. The highest BCUT2D eigenvalue weighted by molar-refractivity contribution is 7.93. The van der Waals surface area contributed by atoms with Gasteiger partial charge in [0, 0.05) is 5.56 Å². The molecule has 7 nitrogen and oxygen atoms in total. The van der Waals surface area contributed by atoms with Gasteiger partial charge >= 0.3 is 0 Å². The standard InChI is InChI=1S/C22H22F2N4O3S/c1-5-8-31-19-12-26-18(11-27-19)17(24)10-14-6-7-16(23)15(9-14)22(4)13-32(29,30)21(2,3)20(25)28-22/h1,6-7,9-12H,8,13H2,2-4H3,(H2,25,28). The van der Waals surface area contributed by atoms with Crippen LogP contribution in [-0.4, -0.2) is 41.3 Å². The number of terminal acetylenes is 1. The molecule has 10 heteroatoms. The largest absolute Gasteiger partial charge is 0.463 e. The Morgan fingerprint density at radius 2 is 2.03 bits per heavy atom. The summed E-state index contributed by atoms with van der Waals surface area (Å²) in [6.07, 6.45) is 8.62. The summed E-state index contributed by atoms with van der Waals surface area (Å²) in [4.78, 5) is 12.2. The molecule has 1 aromatic heterocycles. The Kier molecular flexibility index (Phi) is 6.07. The Labute approximate surface area is 185 Å². The van der Waals surface area contributed by atoms with E-state index in [1.165, 1.54) is 45.3 Å². The maximum atomic E-state index is 14.7. The molecule has 2 N–H and O–H groups in total. The van der Waals surface area contributed by atoms with E-state index in [0.717, 1.165) is 12.1 Å². The SMILES string of the molecule is C#CCOc1cnc(C(F)=Cc2ccc(F)c(C3(C)CS(=O)(=O)C(C)(C)C(N)=N3)c2)cn1. The molecule has 0 aliphatic carbocycles. The molecule has 1 aromatic carbocycles. The normalized spacial score (nSPS) is 22.0. The van der Waals surface area contributed by atoms with Gasteiger partial charge in [-0.05, 0) is 44.5 Å². The predicted octanol–water partition coefficient (Wildman–Crippen LogP) is 2.87. The first-order valence-corrected chi connectivity index (χ1v) is 11.2. The first kappa shape index (κ1) is 23.3. The number of hydrogen-bond donors (Lipinski definition) is 1. The van der Waals surface area contributed by atoms with Gasteiger partial charge in [0.15, 0.2) is 22.3 Å². The van der Waals surface area contributed by atoms with Crippen molar-refractivity contribution in [2.75, 3.05) is 12.4 Å². The Morgan fingerprint density at radius 3 is 2.62 bits per heavy atom. The summed E-state index contributed by atoms with van der Waals surface area (Å²) in [7, 11) is -3.73. The van der Waals surface area contributed by atoms with Crippen LogP contribution in [0, 0.1) is 18.2 Å². The fourth-order valence-electron chi connectivity index (χ4n) is 3.18. The summed E-state index contributed by atoms with van der Waals surface area (Å²) in [5, 5.41) is 0. The zero-order valence-electron chi connectivity index (χ0n) is 17.8. The van der Waals surface area contributed by atoms with Crippen LogP contribution in [0.15, 0.2) is 35.6 Å². The van der Waals surface area contributed by atoms with Crippen molar-refractivity contribution in [1.29, 1.82) is 0 Å². The van der Waals surface area contributed by atoms with Crippen LogP contribution in [0.4, 0.5) is 8.78 Å². The van der Waals surface area contributed by atoms with E-state index in [0.29, 0.717) is 0 Å². The van der Waals surface area contributed by atoms with Crippen molar-refractivity contribution in [2.24, 2.45) is 10.7 Å². The van der Waals surface area contributed by atoms with Gasteiger partial charge in [-0.1, -0.05) is 12.0 Å². The Balaban J connectivity index is 1.97. The van der Waals surface area contributed by atoms with Crippen molar-refractivity contribution < 1.29 is 21.9 Å². The molecular formula is C22H22F2N4O3S. The minimum absolute atomic E-state index is 0.00334. The molecule has 3 rings (SSSR count). The van der Waals surface area contributed by atoms with Crippen LogP contribution in [0.3, 0.4) is 0 Å². The van der Waals surface area contributed by atoms with Gasteiger partial charge in [-0.3, -0.25) is 4.99 Å². The molecule has 1 aliphatic heterocycles. The van der Waals surface area contributed by atoms with E-state index in [1.54, 1.807) is 0 Å². The number of rotatable bonds is 5. The van der Waals surface area contributed by atoms with Crippen LogP contribution in [-0.2, 0) is 15.4 Å². The van der Waals surface area contributed by atoms with Gasteiger partial charge in [0.2, 0.25) is 5.88 Å². The first-order valence-electron chi connectivity index (χ1n) is 9.53. The summed E-state index contributed by atoms with van der Waals surface area (Å²) >= 11 is 0. The van der Waals surface area contributed by atoms with Crippen molar-refractivity contribution in [3.05, 3.63) is 53.2 Å². The average molecular weight is 461 g/mol. The van der Waals surface area contributed by atoms with E-state index in [1.807, 2.05) is 0 Å². The lowest BCUT2D eigenvalue weighted by Gasteiger charge is -2.38. The molecular weight excluding hydrogens is 438 g/mol. The maximum Gasteiger partial charge on any atom is 0.233 e. The predicted molar refractivity (Wildman–Crippen MR) is 119 cm³/mol. The van der Waals surface area contributed by atoms with Crippen LogP contribution >= 0.6 is 0 Å². The van der Waals surface area contributed by atoms with Crippen LogP contribution in [0.1, 0.15) is 37.6 Å². The minimum atomic E-state index is -3.73. The minimum Gasteiger partial charge on any atom is -0.463 e. The average Bonchev–Trinajstić information content (AvgIpc) is 2.72. The number of hydrogen-bond acceptors (Lipinski definition) is 7. The second-order valence-electron chi connectivity index (χ2n) is 8.00. The number of halogens is 2. The van der Waals surface area contributed by atoms with E-state index in [4.69, 9.17) is 16.9 Å². The number of nitrogens with zero attached hydrogens (tertiary/aromatic N) is 3. The zero-order valence-corrected chi connectivity index (χ0v) is 18.6. The number of ether oxygens (including phenoxy) is 1. The summed E-state index contributed by atoms with van der Waals surface area (Å²) in [6, 6.07) is 3.82. The third kappa shape index (κ3) is 4.34. The molecule has 1 atom stereocenters. The van der Waals surface area contributed by atoms with Crippen molar-refractivity contribution >= 4 is 27.6 Å². The van der Waals surface area contributed by atoms with Crippen LogP contribution in [0.5, 0.6) is 5.88 Å². The highest BCUT2D eigenvalue weighted by atomic mass is 32.2. The number of aliphatic imine (C=N–C) groups is 1. The molecule has 0 fully saturated rings. The maximum absolute atomic E-state index is 14.7. The topological polar surface area (TPSA) is 108 Å². The lowest BCUT2D eigenvalue weighted by Crippen LogP contribution is -2.55. The van der Waals surface area contributed by atoms with Gasteiger partial charge in [-0.25, -0.2) is 27.2 Å². The molecule has 168 valence electrons. The molecule has 2 heterocycles. The van der Waals surface area contributed by atoms with Crippen LogP contribution < -0.4 is 10.5 Å². The molecule has 2 aromatic rings. The number of benzene rings is 1. The lowest BCUT2D eigenvalue weighted by molar-refractivity contribution is 0.353. The number of aromatic nitrogens is 2. The third-order valence-electron chi connectivity index (χ3n) is 5.27. The van der Waals surface area contributed by atoms with Gasteiger partial charge in [-0.15, -0.1) is 6.42 Å². The lowest BCUT2D eigenvalue weighted by atomic mass is 9.91. The molecule has 1 unspecified atom stereocenters. The van der Waals surface area contributed by atoms with Gasteiger partial charge in [0.25, 0.3) is 0 Å². The number of amidine groups is 1. The van der Waals surface area contributed by atoms with Gasteiger partial charge < -0.3 is 10.5 Å². The molecule has 0 spiro atoms. The van der Waals surface area contributed by atoms with Crippen molar-refractivity contribution in [3.8, 4) is 18.2 Å². The number of nitrogens with two attached hydrogens (primary N) is 1. The van der Waals surface area contributed by atoms with Crippen molar-refractivity contribution in [2.45, 2.75) is 31.1 Å². The second-order valence-corrected chi connectivity index (χ2v) is 10.5. The zero-order chi connectivity index (χ0) is 23.7. The fraction of sp³-hybridized carbons (Fsp3) is 0.318.